The van der Waals surface area contributed by atoms with E-state index in [2.05, 4.69) is 32.3 Å². The Balaban J connectivity index is 1.43. The van der Waals surface area contributed by atoms with Gasteiger partial charge in [0.15, 0.2) is 5.69 Å². The predicted molar refractivity (Wildman–Crippen MR) is 83.4 cm³/mol. The van der Waals surface area contributed by atoms with Crippen LogP contribution in [-0.2, 0) is 13.0 Å². The van der Waals surface area contributed by atoms with Gasteiger partial charge in [-0.15, -0.1) is 11.3 Å². The summed E-state index contributed by atoms with van der Waals surface area (Å²) >= 11 is 1.89. The maximum atomic E-state index is 9.14. The van der Waals surface area contributed by atoms with Crippen molar-refractivity contribution in [2.75, 3.05) is 24.5 Å². The van der Waals surface area contributed by atoms with E-state index in [-0.39, 0.29) is 0 Å². The molecule has 0 saturated carbocycles. The van der Waals surface area contributed by atoms with Crippen LogP contribution in [0.25, 0.3) is 0 Å². The molecule has 0 amide bonds. The second kappa shape index (κ2) is 5.14. The minimum Gasteiger partial charge on any atom is -0.366 e. The highest BCUT2D eigenvalue weighted by molar-refractivity contribution is 7.10. The maximum absolute atomic E-state index is 9.14. The average molecular weight is 296 g/mol. The monoisotopic (exact) mass is 296 g/mol. The molecule has 2 aliphatic rings. The summed E-state index contributed by atoms with van der Waals surface area (Å²) in [7, 11) is 0. The second-order valence-corrected chi connectivity index (χ2v) is 6.63. The van der Waals surface area contributed by atoms with Gasteiger partial charge in [0.25, 0.3) is 0 Å². The van der Waals surface area contributed by atoms with Gasteiger partial charge >= 0.3 is 0 Å². The molecule has 4 nitrogen and oxygen atoms in total. The van der Waals surface area contributed by atoms with Crippen molar-refractivity contribution in [3.05, 3.63) is 45.9 Å². The molecule has 2 aliphatic heterocycles. The van der Waals surface area contributed by atoms with E-state index >= 15 is 0 Å². The van der Waals surface area contributed by atoms with Gasteiger partial charge in [0.1, 0.15) is 6.07 Å². The Labute approximate surface area is 128 Å². The van der Waals surface area contributed by atoms with Gasteiger partial charge in [0.05, 0.1) is 5.69 Å². The average Bonchev–Trinajstić information content (AvgIpc) is 2.94. The van der Waals surface area contributed by atoms with Crippen LogP contribution < -0.4 is 4.90 Å². The topological polar surface area (TPSA) is 43.2 Å². The Bertz CT molecular complexity index is 696. The molecule has 0 aliphatic carbocycles. The minimum absolute atomic E-state index is 0.537. The van der Waals surface area contributed by atoms with Crippen molar-refractivity contribution in [1.82, 2.24) is 9.88 Å². The van der Waals surface area contributed by atoms with Crippen LogP contribution in [0.4, 0.5) is 5.69 Å². The van der Waals surface area contributed by atoms with Crippen LogP contribution in [0.15, 0.2) is 29.8 Å². The van der Waals surface area contributed by atoms with Crippen molar-refractivity contribution in [2.24, 2.45) is 0 Å². The van der Waals surface area contributed by atoms with E-state index in [4.69, 9.17) is 5.26 Å². The van der Waals surface area contributed by atoms with Crippen LogP contribution in [0.2, 0.25) is 0 Å². The summed E-state index contributed by atoms with van der Waals surface area (Å²) in [6.07, 6.45) is 2.86. The lowest BCUT2D eigenvalue weighted by Crippen LogP contribution is -2.60. The smallest absolute Gasteiger partial charge is 0.163 e. The van der Waals surface area contributed by atoms with Crippen molar-refractivity contribution in [3.8, 4) is 6.07 Å². The normalized spacial score (nSPS) is 18.9. The van der Waals surface area contributed by atoms with E-state index in [1.807, 2.05) is 23.5 Å². The summed E-state index contributed by atoms with van der Waals surface area (Å²) in [5.74, 6) is 0. The highest BCUT2D eigenvalue weighted by Crippen LogP contribution is 2.30. The van der Waals surface area contributed by atoms with Crippen molar-refractivity contribution in [3.63, 3.8) is 0 Å². The molecule has 106 valence electrons. The van der Waals surface area contributed by atoms with E-state index in [1.54, 1.807) is 11.1 Å². The number of aromatic nitrogens is 1. The molecule has 4 heterocycles. The molecule has 0 spiro atoms. The minimum atomic E-state index is 0.537. The molecule has 0 atom stereocenters. The zero-order chi connectivity index (χ0) is 14.2. The fourth-order valence-electron chi connectivity index (χ4n) is 3.20. The molecule has 0 bridgehead atoms. The molecule has 1 saturated heterocycles. The number of thiophene rings is 1. The van der Waals surface area contributed by atoms with E-state index < -0.39 is 0 Å². The van der Waals surface area contributed by atoms with Gasteiger partial charge in [-0.05, 0) is 35.6 Å². The number of pyridine rings is 1. The van der Waals surface area contributed by atoms with Gasteiger partial charge in [-0.2, -0.15) is 5.26 Å². The predicted octanol–water partition coefficient (Wildman–Crippen LogP) is 2.26. The lowest BCUT2D eigenvalue weighted by atomic mass is 10.0. The van der Waals surface area contributed by atoms with E-state index in [1.165, 1.54) is 12.0 Å². The van der Waals surface area contributed by atoms with Gasteiger partial charge in [0.2, 0.25) is 0 Å². The highest BCUT2D eigenvalue weighted by atomic mass is 32.1. The fraction of sp³-hybridized carbons (Fsp3) is 0.375. The Morgan fingerprint density at radius 1 is 1.33 bits per heavy atom. The summed E-state index contributed by atoms with van der Waals surface area (Å²) in [6.45, 7) is 4.24. The molecule has 0 unspecified atom stereocenters. The number of hydrogen-bond acceptors (Lipinski definition) is 5. The lowest BCUT2D eigenvalue weighted by molar-refractivity contribution is 0.151. The van der Waals surface area contributed by atoms with Crippen molar-refractivity contribution >= 4 is 17.0 Å². The molecule has 2 aromatic heterocycles. The molecular formula is C16H16N4S. The number of rotatable bonds is 2. The van der Waals surface area contributed by atoms with Gasteiger partial charge in [0, 0.05) is 43.3 Å². The molecular weight excluding hydrogens is 280 g/mol. The molecule has 4 rings (SSSR count). The van der Waals surface area contributed by atoms with Crippen molar-refractivity contribution in [2.45, 2.75) is 19.0 Å². The van der Waals surface area contributed by atoms with Crippen molar-refractivity contribution < 1.29 is 0 Å². The molecule has 2 aromatic rings. The third-order valence-corrected chi connectivity index (χ3v) is 5.47. The third-order valence-electron chi connectivity index (χ3n) is 4.45. The second-order valence-electron chi connectivity index (χ2n) is 5.63. The van der Waals surface area contributed by atoms with Gasteiger partial charge in [-0.25, -0.2) is 4.98 Å². The summed E-state index contributed by atoms with van der Waals surface area (Å²) in [5, 5.41) is 11.3. The number of fused-ring (bicyclic) bond motifs is 1. The van der Waals surface area contributed by atoms with Crippen LogP contribution in [0.1, 0.15) is 16.1 Å². The summed E-state index contributed by atoms with van der Waals surface area (Å²) in [4.78, 5) is 10.5. The summed E-state index contributed by atoms with van der Waals surface area (Å²) < 4.78 is 0. The molecule has 0 radical (unpaired) electrons. The third kappa shape index (κ3) is 2.21. The number of hydrogen-bond donors (Lipinski definition) is 0. The van der Waals surface area contributed by atoms with E-state index in [9.17, 15) is 0 Å². The van der Waals surface area contributed by atoms with Gasteiger partial charge in [-0.3, -0.25) is 4.90 Å². The zero-order valence-electron chi connectivity index (χ0n) is 11.7. The highest BCUT2D eigenvalue weighted by Gasteiger charge is 2.34. The molecule has 0 aromatic carbocycles. The van der Waals surface area contributed by atoms with Crippen LogP contribution in [0.3, 0.4) is 0 Å². The van der Waals surface area contributed by atoms with Crippen LogP contribution in [0, 0.1) is 11.3 Å². The van der Waals surface area contributed by atoms with Crippen molar-refractivity contribution in [1.29, 1.82) is 5.26 Å². The zero-order valence-corrected chi connectivity index (χ0v) is 12.5. The molecule has 21 heavy (non-hydrogen) atoms. The van der Waals surface area contributed by atoms with Gasteiger partial charge < -0.3 is 4.90 Å². The standard InChI is InChI=1S/C16H16N4S/c17-8-14-15(2-1-5-18-14)20-10-13(11-20)19-6-3-16-12(9-19)4-7-21-16/h1-2,4-5,7,13H,3,6,9-11H2. The Hall–Kier alpha value is -1.90. The Kier molecular flexibility index (Phi) is 3.13. The molecule has 0 N–H and O–H groups in total. The first-order valence-corrected chi connectivity index (χ1v) is 8.12. The van der Waals surface area contributed by atoms with Crippen LogP contribution >= 0.6 is 11.3 Å². The first-order valence-electron chi connectivity index (χ1n) is 7.24. The van der Waals surface area contributed by atoms with E-state index in [0.717, 1.165) is 31.9 Å². The first kappa shape index (κ1) is 12.8. The summed E-state index contributed by atoms with van der Waals surface area (Å²) in [6, 6.07) is 8.95. The Morgan fingerprint density at radius 2 is 2.24 bits per heavy atom. The number of nitriles is 1. The largest absolute Gasteiger partial charge is 0.366 e. The number of anilines is 1. The van der Waals surface area contributed by atoms with Crippen LogP contribution in [-0.4, -0.2) is 35.6 Å². The fourth-order valence-corrected chi connectivity index (χ4v) is 4.09. The SMILES string of the molecule is N#Cc1ncccc1N1CC(N2CCc3sccc3C2)C1. The van der Waals surface area contributed by atoms with Crippen LogP contribution in [0.5, 0.6) is 0 Å². The number of nitrogens with zero attached hydrogens (tertiary/aromatic N) is 4. The first-order chi connectivity index (χ1) is 10.3. The van der Waals surface area contributed by atoms with E-state index in [0.29, 0.717) is 11.7 Å². The molecule has 1 fully saturated rings. The summed E-state index contributed by atoms with van der Waals surface area (Å²) in [5.41, 5.74) is 3.02. The molecule has 5 heteroatoms. The lowest BCUT2D eigenvalue weighted by Gasteiger charge is -2.47. The van der Waals surface area contributed by atoms with Gasteiger partial charge in [-0.1, -0.05) is 0 Å². The maximum Gasteiger partial charge on any atom is 0.163 e. The quantitative estimate of drug-likeness (QED) is 0.852. The Morgan fingerprint density at radius 3 is 3.10 bits per heavy atom.